The highest BCUT2D eigenvalue weighted by Gasteiger charge is 2.09. The van der Waals surface area contributed by atoms with Crippen LogP contribution in [0.2, 0.25) is 0 Å². The molecule has 0 saturated heterocycles. The van der Waals surface area contributed by atoms with Crippen molar-refractivity contribution in [1.82, 2.24) is 0 Å². The first-order chi connectivity index (χ1) is 5.75. The maximum Gasteiger partial charge on any atom is 0.269 e. The summed E-state index contributed by atoms with van der Waals surface area (Å²) in [7, 11) is 1.85. The SMILES string of the molecule is CS/C(c1ccccc1)=[N+](/C)N.[I-]. The molecule has 0 fully saturated rings. The molecule has 2 nitrogen and oxygen atoms in total. The molecule has 13 heavy (non-hydrogen) atoms. The Morgan fingerprint density at radius 1 is 1.31 bits per heavy atom. The lowest BCUT2D eigenvalue weighted by molar-refractivity contribution is -0.505. The summed E-state index contributed by atoms with van der Waals surface area (Å²) in [5, 5.41) is 1.08. The van der Waals surface area contributed by atoms with Crippen molar-refractivity contribution in [2.24, 2.45) is 5.84 Å². The van der Waals surface area contributed by atoms with Gasteiger partial charge in [0, 0.05) is 0 Å². The Morgan fingerprint density at radius 2 is 1.85 bits per heavy atom. The second kappa shape index (κ2) is 6.26. The molecule has 0 aliphatic rings. The van der Waals surface area contributed by atoms with E-state index in [1.807, 2.05) is 31.5 Å². The van der Waals surface area contributed by atoms with Crippen LogP contribution in [0, 0.1) is 0 Å². The van der Waals surface area contributed by atoms with Crippen molar-refractivity contribution in [3.63, 3.8) is 0 Å². The third-order valence-electron chi connectivity index (χ3n) is 1.53. The van der Waals surface area contributed by atoms with Crippen LogP contribution in [0.3, 0.4) is 0 Å². The van der Waals surface area contributed by atoms with E-state index >= 15 is 0 Å². The summed E-state index contributed by atoms with van der Waals surface area (Å²) in [6, 6.07) is 10.1. The van der Waals surface area contributed by atoms with Gasteiger partial charge >= 0.3 is 0 Å². The van der Waals surface area contributed by atoms with E-state index in [2.05, 4.69) is 12.1 Å². The predicted molar refractivity (Wildman–Crippen MR) is 54.4 cm³/mol. The summed E-state index contributed by atoms with van der Waals surface area (Å²) >= 11 is 1.65. The minimum absolute atomic E-state index is 0. The van der Waals surface area contributed by atoms with Crippen LogP contribution < -0.4 is 29.8 Å². The maximum absolute atomic E-state index is 5.65. The second-order valence-corrected chi connectivity index (χ2v) is 3.28. The fourth-order valence-electron chi connectivity index (χ4n) is 1.05. The fraction of sp³-hybridized carbons (Fsp3) is 0.222. The lowest BCUT2D eigenvalue weighted by Gasteiger charge is -1.98. The van der Waals surface area contributed by atoms with E-state index in [0.717, 1.165) is 10.6 Å². The Labute approximate surface area is 100 Å². The van der Waals surface area contributed by atoms with Crippen LogP contribution in [0.25, 0.3) is 0 Å². The Kier molecular flexibility index (Phi) is 6.15. The third-order valence-corrected chi connectivity index (χ3v) is 2.44. The summed E-state index contributed by atoms with van der Waals surface area (Å²) in [5.41, 5.74) is 1.16. The van der Waals surface area contributed by atoms with E-state index in [9.17, 15) is 0 Å². The molecule has 0 aromatic heterocycles. The Balaban J connectivity index is 0.00000144. The third kappa shape index (κ3) is 3.56. The van der Waals surface area contributed by atoms with Gasteiger partial charge in [-0.25, -0.2) is 5.84 Å². The number of hydrazine groups is 1. The molecule has 0 heterocycles. The summed E-state index contributed by atoms with van der Waals surface area (Å²) in [6.07, 6.45) is 2.02. The van der Waals surface area contributed by atoms with Crippen molar-refractivity contribution < 1.29 is 28.7 Å². The predicted octanol–water partition coefficient (Wildman–Crippen LogP) is -1.68. The van der Waals surface area contributed by atoms with Crippen LogP contribution in [0.5, 0.6) is 0 Å². The Morgan fingerprint density at radius 3 is 2.23 bits per heavy atom. The molecule has 1 aromatic carbocycles. The molecule has 1 rings (SSSR count). The summed E-state index contributed by atoms with van der Waals surface area (Å²) < 4.78 is 1.64. The first-order valence-electron chi connectivity index (χ1n) is 3.70. The largest absolute Gasteiger partial charge is 1.00 e. The molecule has 0 unspecified atom stereocenters. The second-order valence-electron chi connectivity index (χ2n) is 2.49. The number of hydrogen-bond donors (Lipinski definition) is 1. The number of hydrogen-bond acceptors (Lipinski definition) is 2. The minimum Gasteiger partial charge on any atom is -1.00 e. The average Bonchev–Trinajstić information content (AvgIpc) is 2.07. The zero-order valence-electron chi connectivity index (χ0n) is 7.70. The molecule has 1 aromatic rings. The number of nitrogens with two attached hydrogens (primary N) is 1. The van der Waals surface area contributed by atoms with Crippen LogP contribution in [0.1, 0.15) is 5.56 Å². The van der Waals surface area contributed by atoms with Crippen LogP contribution in [0.15, 0.2) is 30.3 Å². The number of hydrazone groups is 1. The number of benzene rings is 1. The number of nitrogens with zero attached hydrogens (tertiary/aromatic N) is 1. The molecule has 4 heteroatoms. The van der Waals surface area contributed by atoms with Gasteiger partial charge in [0.25, 0.3) is 5.04 Å². The van der Waals surface area contributed by atoms with Gasteiger partial charge in [0.2, 0.25) is 0 Å². The van der Waals surface area contributed by atoms with E-state index in [1.165, 1.54) is 0 Å². The van der Waals surface area contributed by atoms with Crippen molar-refractivity contribution >= 4 is 16.8 Å². The Bertz CT molecular complexity index is 281. The van der Waals surface area contributed by atoms with Gasteiger partial charge in [-0.05, 0) is 18.4 Å². The van der Waals surface area contributed by atoms with E-state index < -0.39 is 0 Å². The molecule has 0 spiro atoms. The van der Waals surface area contributed by atoms with Gasteiger partial charge in [0.05, 0.1) is 5.56 Å². The molecule has 0 aliphatic heterocycles. The van der Waals surface area contributed by atoms with Gasteiger partial charge in [-0.1, -0.05) is 30.0 Å². The molecule has 0 saturated carbocycles. The van der Waals surface area contributed by atoms with Gasteiger partial charge in [-0.3, -0.25) is 0 Å². The summed E-state index contributed by atoms with van der Waals surface area (Å²) in [5.74, 6) is 5.65. The molecule has 0 amide bonds. The van der Waals surface area contributed by atoms with Gasteiger partial charge in [0.15, 0.2) is 7.05 Å². The number of halogens is 1. The lowest BCUT2D eigenvalue weighted by atomic mass is 10.2. The molecule has 0 atom stereocenters. The summed E-state index contributed by atoms with van der Waals surface area (Å²) in [6.45, 7) is 0. The molecule has 0 bridgehead atoms. The van der Waals surface area contributed by atoms with E-state index in [0.29, 0.717) is 0 Å². The van der Waals surface area contributed by atoms with Crippen LogP contribution in [-0.2, 0) is 0 Å². The highest BCUT2D eigenvalue weighted by molar-refractivity contribution is 8.13. The van der Waals surface area contributed by atoms with Crippen LogP contribution in [0.4, 0.5) is 0 Å². The normalized spacial score (nSPS) is 11.5. The van der Waals surface area contributed by atoms with E-state index in [-0.39, 0.29) is 24.0 Å². The van der Waals surface area contributed by atoms with Gasteiger partial charge < -0.3 is 24.0 Å². The number of rotatable bonds is 1. The van der Waals surface area contributed by atoms with Crippen molar-refractivity contribution in [3.8, 4) is 0 Å². The number of thioether (sulfide) groups is 1. The quantitative estimate of drug-likeness (QED) is 0.168. The van der Waals surface area contributed by atoms with Crippen molar-refractivity contribution in [3.05, 3.63) is 35.9 Å². The monoisotopic (exact) mass is 308 g/mol. The molecule has 2 N–H and O–H groups in total. The zero-order chi connectivity index (χ0) is 8.97. The van der Waals surface area contributed by atoms with E-state index in [1.54, 1.807) is 16.4 Å². The van der Waals surface area contributed by atoms with Gasteiger partial charge in [-0.15, -0.1) is 4.68 Å². The molecule has 0 radical (unpaired) electrons. The topological polar surface area (TPSA) is 29.0 Å². The maximum atomic E-state index is 5.65. The Hall–Kier alpha value is -0.230. The van der Waals surface area contributed by atoms with Crippen molar-refractivity contribution in [2.45, 2.75) is 0 Å². The smallest absolute Gasteiger partial charge is 0.269 e. The first-order valence-corrected chi connectivity index (χ1v) is 4.93. The zero-order valence-corrected chi connectivity index (χ0v) is 10.7. The van der Waals surface area contributed by atoms with Crippen LogP contribution >= 0.6 is 11.8 Å². The van der Waals surface area contributed by atoms with Crippen molar-refractivity contribution in [2.75, 3.05) is 13.3 Å². The molecule has 72 valence electrons. The fourth-order valence-corrected chi connectivity index (χ4v) is 1.71. The van der Waals surface area contributed by atoms with Gasteiger partial charge in [0.1, 0.15) is 0 Å². The van der Waals surface area contributed by atoms with Crippen molar-refractivity contribution in [1.29, 1.82) is 0 Å². The lowest BCUT2D eigenvalue weighted by Crippen LogP contribution is -3.00. The van der Waals surface area contributed by atoms with Gasteiger partial charge in [-0.2, -0.15) is 0 Å². The molecular formula is C9H13IN2S. The highest BCUT2D eigenvalue weighted by atomic mass is 127. The summed E-state index contributed by atoms with van der Waals surface area (Å²) in [4.78, 5) is 0. The molecular weight excluding hydrogens is 295 g/mol. The molecule has 0 aliphatic carbocycles. The van der Waals surface area contributed by atoms with E-state index in [4.69, 9.17) is 5.84 Å². The standard InChI is InChI=1S/C9H13N2S.HI/c1-11(10)9(12-2)8-6-4-3-5-7-8;/h3-7H,10H2,1-2H3;1H/q+1;/p-1/b11-9-;. The first kappa shape index (κ1) is 12.8. The minimum atomic E-state index is 0. The average molecular weight is 308 g/mol. The van der Waals surface area contributed by atoms with Crippen LogP contribution in [-0.4, -0.2) is 23.0 Å². The highest BCUT2D eigenvalue weighted by Crippen LogP contribution is 2.08.